The van der Waals surface area contributed by atoms with Crippen LogP contribution in [-0.4, -0.2) is 33.9 Å². The van der Waals surface area contributed by atoms with E-state index in [0.29, 0.717) is 12.1 Å². The average molecular weight is 212 g/mol. The minimum absolute atomic E-state index is 0.0369. The fourth-order valence-electron chi connectivity index (χ4n) is 1.27. The van der Waals surface area contributed by atoms with Crippen LogP contribution in [0.2, 0.25) is 0 Å². The number of anilines is 1. The summed E-state index contributed by atoms with van der Waals surface area (Å²) in [6.45, 7) is 1.99. The maximum absolute atomic E-state index is 11.6. The summed E-state index contributed by atoms with van der Waals surface area (Å²) in [4.78, 5) is 11.6. The largest absolute Gasteiger partial charge is 0.396 e. The van der Waals surface area contributed by atoms with E-state index in [4.69, 9.17) is 10.8 Å². The van der Waals surface area contributed by atoms with Crippen LogP contribution in [-0.2, 0) is 0 Å². The number of rotatable bonds is 5. The van der Waals surface area contributed by atoms with Crippen molar-refractivity contribution in [3.05, 3.63) is 11.9 Å². The Bertz CT molecular complexity index is 324. The van der Waals surface area contributed by atoms with Crippen molar-refractivity contribution in [2.75, 3.05) is 12.3 Å². The summed E-state index contributed by atoms with van der Waals surface area (Å²) in [5, 5.41) is 17.7. The number of hydrogen-bond acceptors (Lipinski definition) is 4. The third-order valence-electron chi connectivity index (χ3n) is 2.20. The fraction of sp³-hybridized carbons (Fsp3) is 0.556. The highest BCUT2D eigenvalue weighted by molar-refractivity contribution is 5.97. The highest BCUT2D eigenvalue weighted by atomic mass is 16.3. The summed E-state index contributed by atoms with van der Waals surface area (Å²) < 4.78 is 0. The van der Waals surface area contributed by atoms with E-state index in [9.17, 15) is 4.79 Å². The number of nitrogens with one attached hydrogen (secondary N) is 2. The van der Waals surface area contributed by atoms with Crippen LogP contribution < -0.4 is 11.1 Å². The number of nitrogens with two attached hydrogens (primary N) is 1. The summed E-state index contributed by atoms with van der Waals surface area (Å²) in [5.74, 6) is -0.287. The minimum atomic E-state index is -0.287. The lowest BCUT2D eigenvalue weighted by Crippen LogP contribution is -2.35. The molecule has 0 spiro atoms. The Morgan fingerprint density at radius 3 is 3.00 bits per heavy atom. The zero-order valence-corrected chi connectivity index (χ0v) is 8.66. The van der Waals surface area contributed by atoms with Gasteiger partial charge in [-0.2, -0.15) is 5.10 Å². The van der Waals surface area contributed by atoms with Gasteiger partial charge >= 0.3 is 0 Å². The summed E-state index contributed by atoms with van der Waals surface area (Å²) >= 11 is 0. The molecule has 1 rings (SSSR count). The molecule has 0 aliphatic rings. The molecule has 0 radical (unpaired) electrons. The fourth-order valence-corrected chi connectivity index (χ4v) is 1.27. The summed E-state index contributed by atoms with van der Waals surface area (Å²) in [6.07, 6.45) is 2.69. The van der Waals surface area contributed by atoms with Gasteiger partial charge in [0.1, 0.15) is 5.69 Å². The van der Waals surface area contributed by atoms with Crippen LogP contribution in [0.15, 0.2) is 6.20 Å². The van der Waals surface area contributed by atoms with Crippen molar-refractivity contribution in [2.24, 2.45) is 0 Å². The smallest absolute Gasteiger partial charge is 0.271 e. The summed E-state index contributed by atoms with van der Waals surface area (Å²) in [6, 6.07) is -0.0369. The van der Waals surface area contributed by atoms with Crippen molar-refractivity contribution < 1.29 is 9.90 Å². The average Bonchev–Trinajstić information content (AvgIpc) is 2.63. The number of hydrogen-bond donors (Lipinski definition) is 4. The first kappa shape index (κ1) is 11.5. The van der Waals surface area contributed by atoms with Gasteiger partial charge < -0.3 is 16.2 Å². The van der Waals surface area contributed by atoms with E-state index in [0.717, 1.165) is 6.42 Å². The maximum Gasteiger partial charge on any atom is 0.271 e. The molecule has 1 unspecified atom stereocenters. The van der Waals surface area contributed by atoms with Gasteiger partial charge in [0.2, 0.25) is 0 Å². The zero-order valence-electron chi connectivity index (χ0n) is 8.66. The second kappa shape index (κ2) is 5.35. The molecule has 6 nitrogen and oxygen atoms in total. The lowest BCUT2D eigenvalue weighted by Gasteiger charge is -2.14. The van der Waals surface area contributed by atoms with E-state index in [2.05, 4.69) is 15.5 Å². The molecule has 0 saturated heterocycles. The number of amides is 1. The molecule has 5 N–H and O–H groups in total. The number of carbonyl (C=O) groups is 1. The first-order valence-corrected chi connectivity index (χ1v) is 4.89. The van der Waals surface area contributed by atoms with Crippen molar-refractivity contribution in [1.82, 2.24) is 15.5 Å². The van der Waals surface area contributed by atoms with Gasteiger partial charge in [-0.05, 0) is 12.8 Å². The minimum Gasteiger partial charge on any atom is -0.396 e. The van der Waals surface area contributed by atoms with Crippen molar-refractivity contribution in [1.29, 1.82) is 0 Å². The van der Waals surface area contributed by atoms with Gasteiger partial charge in [-0.15, -0.1) is 0 Å². The molecule has 1 atom stereocenters. The van der Waals surface area contributed by atoms with Gasteiger partial charge in [0.25, 0.3) is 5.91 Å². The predicted octanol–water partition coefficient (Wildman–Crippen LogP) is -0.117. The van der Waals surface area contributed by atoms with Crippen LogP contribution in [0.25, 0.3) is 0 Å². The molecule has 0 aliphatic carbocycles. The standard InChI is InChI=1S/C9H16N4O2/c1-2-6(3-4-14)12-9(15)8-7(10)5-11-13-8/h5-6,14H,2-4,10H2,1H3,(H,11,13)(H,12,15). The summed E-state index contributed by atoms with van der Waals surface area (Å²) in [7, 11) is 0. The van der Waals surface area contributed by atoms with Crippen molar-refractivity contribution in [3.63, 3.8) is 0 Å². The van der Waals surface area contributed by atoms with Gasteiger partial charge in [-0.1, -0.05) is 6.92 Å². The van der Waals surface area contributed by atoms with Crippen molar-refractivity contribution >= 4 is 11.6 Å². The maximum atomic E-state index is 11.6. The molecule has 0 aliphatic heterocycles. The number of nitrogen functional groups attached to an aromatic ring is 1. The van der Waals surface area contributed by atoms with Gasteiger partial charge in [0, 0.05) is 12.6 Å². The van der Waals surface area contributed by atoms with E-state index in [1.54, 1.807) is 0 Å². The highest BCUT2D eigenvalue weighted by Gasteiger charge is 2.15. The van der Waals surface area contributed by atoms with Gasteiger partial charge in [0.05, 0.1) is 11.9 Å². The molecular formula is C9H16N4O2. The topological polar surface area (TPSA) is 104 Å². The Kier molecular flexibility index (Phi) is 4.11. The quantitative estimate of drug-likeness (QED) is 0.546. The van der Waals surface area contributed by atoms with Crippen molar-refractivity contribution in [2.45, 2.75) is 25.8 Å². The number of aliphatic hydroxyl groups excluding tert-OH is 1. The van der Waals surface area contributed by atoms with Crippen LogP contribution in [0, 0.1) is 0 Å². The van der Waals surface area contributed by atoms with E-state index in [1.807, 2.05) is 6.92 Å². The van der Waals surface area contributed by atoms with Gasteiger partial charge in [0.15, 0.2) is 0 Å². The van der Waals surface area contributed by atoms with Crippen LogP contribution in [0.1, 0.15) is 30.3 Å². The first-order chi connectivity index (χ1) is 7.19. The Hall–Kier alpha value is -1.56. The predicted molar refractivity (Wildman–Crippen MR) is 56.2 cm³/mol. The van der Waals surface area contributed by atoms with Crippen LogP contribution in [0.4, 0.5) is 5.69 Å². The molecule has 1 aromatic rings. The number of aliphatic hydroxyl groups is 1. The van der Waals surface area contributed by atoms with Crippen molar-refractivity contribution in [3.8, 4) is 0 Å². The number of H-pyrrole nitrogens is 1. The number of aromatic amines is 1. The third-order valence-corrected chi connectivity index (χ3v) is 2.20. The Balaban J connectivity index is 2.58. The SMILES string of the molecule is CCC(CCO)NC(=O)c1[nH]ncc1N. The molecule has 6 heteroatoms. The molecule has 0 bridgehead atoms. The molecule has 15 heavy (non-hydrogen) atoms. The monoisotopic (exact) mass is 212 g/mol. The van der Waals surface area contributed by atoms with Gasteiger partial charge in [-0.3, -0.25) is 9.89 Å². The Morgan fingerprint density at radius 2 is 2.53 bits per heavy atom. The van der Waals surface area contributed by atoms with E-state index in [-0.39, 0.29) is 24.2 Å². The normalized spacial score (nSPS) is 12.4. The molecule has 1 aromatic heterocycles. The summed E-state index contributed by atoms with van der Waals surface area (Å²) in [5.41, 5.74) is 6.12. The zero-order chi connectivity index (χ0) is 11.3. The Labute approximate surface area is 87.9 Å². The van der Waals surface area contributed by atoms with Crippen LogP contribution in [0.3, 0.4) is 0 Å². The van der Waals surface area contributed by atoms with E-state index < -0.39 is 0 Å². The van der Waals surface area contributed by atoms with Crippen LogP contribution in [0.5, 0.6) is 0 Å². The molecule has 0 fully saturated rings. The molecule has 0 saturated carbocycles. The molecule has 1 amide bonds. The second-order valence-corrected chi connectivity index (χ2v) is 3.29. The lowest BCUT2D eigenvalue weighted by molar-refractivity contribution is 0.0925. The number of carbonyl (C=O) groups excluding carboxylic acids is 1. The van der Waals surface area contributed by atoms with E-state index in [1.165, 1.54) is 6.20 Å². The Morgan fingerprint density at radius 1 is 1.80 bits per heavy atom. The molecule has 1 heterocycles. The molecule has 0 aromatic carbocycles. The highest BCUT2D eigenvalue weighted by Crippen LogP contribution is 2.07. The molecular weight excluding hydrogens is 196 g/mol. The first-order valence-electron chi connectivity index (χ1n) is 4.89. The van der Waals surface area contributed by atoms with Gasteiger partial charge in [-0.25, -0.2) is 0 Å². The number of aromatic nitrogens is 2. The number of nitrogens with zero attached hydrogens (tertiary/aromatic N) is 1. The molecule has 84 valence electrons. The van der Waals surface area contributed by atoms with Crippen LogP contribution >= 0.6 is 0 Å². The second-order valence-electron chi connectivity index (χ2n) is 3.29. The van der Waals surface area contributed by atoms with E-state index >= 15 is 0 Å². The lowest BCUT2D eigenvalue weighted by atomic mass is 10.1. The third kappa shape index (κ3) is 2.95.